The molecular weight excluding hydrogens is 399 g/mol. The highest BCUT2D eigenvalue weighted by Crippen LogP contribution is 2.28. The Kier molecular flexibility index (Phi) is 6.04. The molecule has 0 aliphatic carbocycles. The van der Waals surface area contributed by atoms with Crippen molar-refractivity contribution < 1.29 is 22.8 Å². The Morgan fingerprint density at radius 2 is 1.93 bits per heavy atom. The van der Waals surface area contributed by atoms with E-state index in [9.17, 15) is 22.8 Å². The number of hydrogen-bond acceptors (Lipinski definition) is 4. The zero-order valence-corrected chi connectivity index (χ0v) is 16.4. The molecule has 0 aliphatic heterocycles. The Morgan fingerprint density at radius 1 is 1.17 bits per heavy atom. The van der Waals surface area contributed by atoms with E-state index in [-0.39, 0.29) is 24.7 Å². The van der Waals surface area contributed by atoms with Crippen LogP contribution in [-0.4, -0.2) is 32.7 Å². The second kappa shape index (κ2) is 8.52. The highest BCUT2D eigenvalue weighted by atomic mass is 19.4. The molecule has 0 radical (unpaired) electrons. The zero-order valence-electron chi connectivity index (χ0n) is 16.4. The maximum atomic E-state index is 12.5. The first-order valence-electron chi connectivity index (χ1n) is 9.22. The first-order valence-corrected chi connectivity index (χ1v) is 9.22. The lowest BCUT2D eigenvalue weighted by molar-refractivity contribution is -0.137. The topological polar surface area (TPSA) is 88.4 Å². The second-order valence-corrected chi connectivity index (χ2v) is 6.77. The van der Waals surface area contributed by atoms with Gasteiger partial charge in [0, 0.05) is 25.4 Å². The van der Waals surface area contributed by atoms with Gasteiger partial charge in [0.1, 0.15) is 17.2 Å². The molecule has 0 aromatic carbocycles. The summed E-state index contributed by atoms with van der Waals surface area (Å²) in [4.78, 5) is 32.5. The van der Waals surface area contributed by atoms with Crippen molar-refractivity contribution in [3.05, 3.63) is 59.2 Å². The summed E-state index contributed by atoms with van der Waals surface area (Å²) in [5.41, 5.74) is 1.82. The van der Waals surface area contributed by atoms with Gasteiger partial charge in [0.05, 0.1) is 11.3 Å². The van der Waals surface area contributed by atoms with Gasteiger partial charge >= 0.3 is 6.18 Å². The van der Waals surface area contributed by atoms with Crippen molar-refractivity contribution in [3.8, 4) is 0 Å². The molecule has 0 aliphatic rings. The van der Waals surface area contributed by atoms with Crippen molar-refractivity contribution in [2.24, 2.45) is 0 Å². The van der Waals surface area contributed by atoms with Gasteiger partial charge in [-0.05, 0) is 44.0 Å². The van der Waals surface area contributed by atoms with Crippen molar-refractivity contribution in [1.82, 2.24) is 19.7 Å². The molecule has 10 heteroatoms. The number of halogens is 3. The number of pyridine rings is 2. The monoisotopic (exact) mass is 419 g/mol. The summed E-state index contributed by atoms with van der Waals surface area (Å²) in [6.45, 7) is 3.92. The number of aryl methyl sites for hydroxylation is 2. The third-order valence-electron chi connectivity index (χ3n) is 4.46. The number of nitrogens with zero attached hydrogens (tertiary/aromatic N) is 3. The molecule has 0 bridgehead atoms. The molecule has 0 fully saturated rings. The Labute approximate surface area is 170 Å². The van der Waals surface area contributed by atoms with Gasteiger partial charge in [-0.1, -0.05) is 6.07 Å². The summed E-state index contributed by atoms with van der Waals surface area (Å²) < 4.78 is 39.3. The van der Waals surface area contributed by atoms with Crippen molar-refractivity contribution in [2.45, 2.75) is 32.9 Å². The number of hydrogen-bond donors (Lipinski definition) is 2. The molecule has 0 saturated carbocycles. The standard InChI is InChI=1S/C20H20F3N5O2/c1-12-5-4-10-28-17(13(2)26-18(12)28)19(30)24-9-3-6-16(29)27-15-8-7-14(11-25-15)20(21,22)23/h4-5,7-8,10-11H,3,6,9H2,1-2H3,(H,24,30)(H,25,27,29). The number of fused-ring (bicyclic) bond motifs is 1. The molecule has 0 unspecified atom stereocenters. The maximum absolute atomic E-state index is 12.5. The first-order chi connectivity index (χ1) is 14.2. The van der Waals surface area contributed by atoms with Crippen LogP contribution in [0.3, 0.4) is 0 Å². The van der Waals surface area contributed by atoms with Gasteiger partial charge in [-0.25, -0.2) is 9.97 Å². The van der Waals surface area contributed by atoms with E-state index in [4.69, 9.17) is 0 Å². The lowest BCUT2D eigenvalue weighted by Crippen LogP contribution is -2.27. The zero-order chi connectivity index (χ0) is 21.9. The highest BCUT2D eigenvalue weighted by molar-refractivity contribution is 5.95. The van der Waals surface area contributed by atoms with E-state index in [1.54, 1.807) is 17.5 Å². The molecular formula is C20H20F3N5O2. The number of carbonyl (C=O) groups is 2. The number of alkyl halides is 3. The maximum Gasteiger partial charge on any atom is 0.417 e. The van der Waals surface area contributed by atoms with E-state index in [2.05, 4.69) is 20.6 Å². The number of imidazole rings is 1. The fourth-order valence-corrected chi connectivity index (χ4v) is 2.97. The van der Waals surface area contributed by atoms with Crippen LogP contribution in [0.4, 0.5) is 19.0 Å². The number of nitrogens with one attached hydrogen (secondary N) is 2. The number of carbonyl (C=O) groups excluding carboxylic acids is 2. The molecule has 3 aromatic heterocycles. The summed E-state index contributed by atoms with van der Waals surface area (Å²) in [5.74, 6) is -0.665. The van der Waals surface area contributed by atoms with Crippen molar-refractivity contribution in [1.29, 1.82) is 0 Å². The molecule has 158 valence electrons. The number of anilines is 1. The normalized spacial score (nSPS) is 11.5. The van der Waals surface area contributed by atoms with Crippen LogP contribution < -0.4 is 10.6 Å². The van der Waals surface area contributed by atoms with Gasteiger partial charge in [-0.3, -0.25) is 14.0 Å². The first kappa shape index (κ1) is 21.3. The molecule has 0 saturated heterocycles. The summed E-state index contributed by atoms with van der Waals surface area (Å²) in [6.07, 6.45) is -1.62. The van der Waals surface area contributed by atoms with E-state index in [0.29, 0.717) is 29.7 Å². The SMILES string of the molecule is Cc1nc2c(C)cccn2c1C(=O)NCCCC(=O)Nc1ccc(C(F)(F)F)cn1. The minimum atomic E-state index is -4.48. The van der Waals surface area contributed by atoms with Crippen LogP contribution in [0.15, 0.2) is 36.7 Å². The molecule has 2 amide bonds. The molecule has 7 nitrogen and oxygen atoms in total. The average molecular weight is 419 g/mol. The van der Waals surface area contributed by atoms with Crippen LogP contribution in [0.2, 0.25) is 0 Å². The number of amides is 2. The lowest BCUT2D eigenvalue weighted by atomic mass is 10.2. The van der Waals surface area contributed by atoms with Crippen LogP contribution in [0, 0.1) is 13.8 Å². The smallest absolute Gasteiger partial charge is 0.351 e. The second-order valence-electron chi connectivity index (χ2n) is 6.77. The Hall–Kier alpha value is -3.43. The van der Waals surface area contributed by atoms with Crippen LogP contribution in [0.5, 0.6) is 0 Å². The fourth-order valence-electron chi connectivity index (χ4n) is 2.97. The van der Waals surface area contributed by atoms with Crippen molar-refractivity contribution in [2.75, 3.05) is 11.9 Å². The predicted molar refractivity (Wildman–Crippen MR) is 104 cm³/mol. The summed E-state index contributed by atoms with van der Waals surface area (Å²) in [6, 6.07) is 5.69. The molecule has 3 rings (SSSR count). The number of rotatable bonds is 6. The predicted octanol–water partition coefficient (Wildman–Crippen LogP) is 3.51. The summed E-state index contributed by atoms with van der Waals surface area (Å²) in [7, 11) is 0. The quantitative estimate of drug-likeness (QED) is 0.599. The molecule has 2 N–H and O–H groups in total. The van der Waals surface area contributed by atoms with E-state index < -0.39 is 17.6 Å². The van der Waals surface area contributed by atoms with E-state index in [0.717, 1.165) is 17.7 Å². The van der Waals surface area contributed by atoms with Crippen LogP contribution in [0.25, 0.3) is 5.65 Å². The Bertz CT molecular complexity index is 1070. The van der Waals surface area contributed by atoms with Gasteiger partial charge in [-0.2, -0.15) is 13.2 Å². The van der Waals surface area contributed by atoms with Gasteiger partial charge in [0.15, 0.2) is 0 Å². The fraction of sp³-hybridized carbons (Fsp3) is 0.300. The Morgan fingerprint density at radius 3 is 2.60 bits per heavy atom. The van der Waals surface area contributed by atoms with E-state index in [1.165, 1.54) is 0 Å². The third kappa shape index (κ3) is 4.76. The van der Waals surface area contributed by atoms with Crippen molar-refractivity contribution in [3.63, 3.8) is 0 Å². The van der Waals surface area contributed by atoms with Gasteiger partial charge in [-0.15, -0.1) is 0 Å². The van der Waals surface area contributed by atoms with E-state index >= 15 is 0 Å². The van der Waals surface area contributed by atoms with Crippen LogP contribution >= 0.6 is 0 Å². The molecule has 3 aromatic rings. The number of aromatic nitrogens is 3. The molecule has 3 heterocycles. The third-order valence-corrected chi connectivity index (χ3v) is 4.46. The van der Waals surface area contributed by atoms with Crippen LogP contribution in [-0.2, 0) is 11.0 Å². The van der Waals surface area contributed by atoms with E-state index in [1.807, 2.05) is 19.1 Å². The largest absolute Gasteiger partial charge is 0.417 e. The minimum Gasteiger partial charge on any atom is -0.351 e. The molecule has 0 spiro atoms. The van der Waals surface area contributed by atoms with Gasteiger partial charge < -0.3 is 10.6 Å². The summed E-state index contributed by atoms with van der Waals surface area (Å²) in [5, 5.41) is 5.19. The lowest BCUT2D eigenvalue weighted by Gasteiger charge is -2.08. The molecule has 30 heavy (non-hydrogen) atoms. The summed E-state index contributed by atoms with van der Waals surface area (Å²) >= 11 is 0. The highest BCUT2D eigenvalue weighted by Gasteiger charge is 2.30. The van der Waals surface area contributed by atoms with Crippen molar-refractivity contribution >= 4 is 23.3 Å². The minimum absolute atomic E-state index is 0.0359. The van der Waals surface area contributed by atoms with Gasteiger partial charge in [0.25, 0.3) is 5.91 Å². The Balaban J connectivity index is 1.49. The molecule has 0 atom stereocenters. The average Bonchev–Trinajstić information content (AvgIpc) is 3.02. The van der Waals surface area contributed by atoms with Gasteiger partial charge in [0.2, 0.25) is 5.91 Å². The van der Waals surface area contributed by atoms with Crippen LogP contribution in [0.1, 0.15) is 40.2 Å².